The number of rotatable bonds is 12. The number of halogens is 1. The van der Waals surface area contributed by atoms with Crippen LogP contribution in [0.25, 0.3) is 0 Å². The van der Waals surface area contributed by atoms with Gasteiger partial charge in [-0.15, -0.1) is 24.0 Å². The quantitative estimate of drug-likeness (QED) is 0.232. The molecule has 1 aromatic carbocycles. The Morgan fingerprint density at radius 1 is 1.19 bits per heavy atom. The molecular formula is C24H44IN5O2. The molecule has 184 valence electrons. The van der Waals surface area contributed by atoms with Crippen molar-refractivity contribution in [3.8, 4) is 5.75 Å². The molecule has 0 bridgehead atoms. The van der Waals surface area contributed by atoms with Crippen LogP contribution in [0.15, 0.2) is 29.3 Å². The number of hydrogen-bond acceptors (Lipinski definition) is 5. The number of benzene rings is 1. The Hall–Kier alpha value is -1.10. The predicted molar refractivity (Wildman–Crippen MR) is 145 cm³/mol. The first-order chi connectivity index (χ1) is 15.1. The molecule has 32 heavy (non-hydrogen) atoms. The van der Waals surface area contributed by atoms with E-state index in [2.05, 4.69) is 58.3 Å². The highest BCUT2D eigenvalue weighted by Crippen LogP contribution is 2.23. The van der Waals surface area contributed by atoms with Crippen LogP contribution in [-0.2, 0) is 4.74 Å². The average Bonchev–Trinajstić information content (AvgIpc) is 2.82. The highest BCUT2D eigenvalue weighted by atomic mass is 127. The number of nitrogens with zero attached hydrogens (tertiary/aromatic N) is 3. The summed E-state index contributed by atoms with van der Waals surface area (Å²) in [5, 5.41) is 7.12. The number of morpholine rings is 1. The topological polar surface area (TPSA) is 61.4 Å². The van der Waals surface area contributed by atoms with Gasteiger partial charge in [-0.1, -0.05) is 26.0 Å². The minimum Gasteiger partial charge on any atom is -0.497 e. The zero-order chi connectivity index (χ0) is 22.5. The van der Waals surface area contributed by atoms with E-state index in [4.69, 9.17) is 9.47 Å². The molecule has 2 rings (SSSR count). The van der Waals surface area contributed by atoms with Crippen LogP contribution in [0.5, 0.6) is 5.75 Å². The third-order valence-corrected chi connectivity index (χ3v) is 6.06. The largest absolute Gasteiger partial charge is 0.497 e. The van der Waals surface area contributed by atoms with Gasteiger partial charge in [0.2, 0.25) is 0 Å². The molecule has 1 fully saturated rings. The maximum atomic E-state index is 5.57. The number of hydrogen-bond donors (Lipinski definition) is 2. The molecule has 0 amide bonds. The van der Waals surface area contributed by atoms with Crippen LogP contribution in [0.3, 0.4) is 0 Å². The maximum absolute atomic E-state index is 5.57. The molecule has 1 aromatic rings. The summed E-state index contributed by atoms with van der Waals surface area (Å²) in [6, 6.07) is 9.02. The number of methoxy groups -OCH3 is 1. The first-order valence-corrected chi connectivity index (χ1v) is 11.8. The van der Waals surface area contributed by atoms with Crippen molar-refractivity contribution in [2.24, 2.45) is 4.99 Å². The van der Waals surface area contributed by atoms with Gasteiger partial charge in [-0.2, -0.15) is 0 Å². The van der Waals surface area contributed by atoms with E-state index < -0.39 is 0 Å². The molecule has 2 N–H and O–H groups in total. The summed E-state index contributed by atoms with van der Waals surface area (Å²) in [6.07, 6.45) is 2.32. The molecule has 1 aliphatic heterocycles. The molecule has 0 saturated carbocycles. The average molecular weight is 562 g/mol. The van der Waals surface area contributed by atoms with Crippen LogP contribution in [0.2, 0.25) is 0 Å². The Morgan fingerprint density at radius 2 is 1.84 bits per heavy atom. The van der Waals surface area contributed by atoms with Crippen molar-refractivity contribution in [2.45, 2.75) is 45.7 Å². The number of nitrogens with one attached hydrogen (secondary N) is 2. The van der Waals surface area contributed by atoms with E-state index in [0.29, 0.717) is 6.04 Å². The maximum Gasteiger partial charge on any atom is 0.191 e. The Labute approximate surface area is 212 Å². The second-order valence-corrected chi connectivity index (χ2v) is 8.10. The van der Waals surface area contributed by atoms with E-state index in [1.54, 1.807) is 7.11 Å². The minimum absolute atomic E-state index is 0. The Bertz CT molecular complexity index is 634. The van der Waals surface area contributed by atoms with E-state index in [1.165, 1.54) is 12.0 Å². The molecule has 0 spiro atoms. The highest BCUT2D eigenvalue weighted by molar-refractivity contribution is 14.0. The van der Waals surface area contributed by atoms with Crippen LogP contribution in [0.1, 0.15) is 45.2 Å². The molecule has 2 atom stereocenters. The van der Waals surface area contributed by atoms with Gasteiger partial charge in [-0.25, -0.2) is 0 Å². The third kappa shape index (κ3) is 9.80. The van der Waals surface area contributed by atoms with Crippen molar-refractivity contribution < 1.29 is 9.47 Å². The van der Waals surface area contributed by atoms with Crippen LogP contribution in [0, 0.1) is 0 Å². The zero-order valence-electron chi connectivity index (χ0n) is 20.6. The lowest BCUT2D eigenvalue weighted by atomic mass is 10.0. The standard InChI is InChI=1S/C24H43N5O2.HI/c1-6-28(7-2)14-8-9-20(3)27-24(25-4)26-19-23(29-15-17-31-18-16-29)21-10-12-22(30-5)13-11-21;/h10-13,20,23H,6-9,14-19H2,1-5H3,(H2,25,26,27);1H. The summed E-state index contributed by atoms with van der Waals surface area (Å²) in [5.41, 5.74) is 1.28. The number of ether oxygens (including phenoxy) is 2. The second-order valence-electron chi connectivity index (χ2n) is 8.10. The van der Waals surface area contributed by atoms with Crippen molar-refractivity contribution in [2.75, 3.05) is 66.6 Å². The third-order valence-electron chi connectivity index (χ3n) is 6.06. The number of aliphatic imine (C=N–C) groups is 1. The van der Waals surface area contributed by atoms with Gasteiger partial charge in [0.1, 0.15) is 5.75 Å². The van der Waals surface area contributed by atoms with Gasteiger partial charge in [0.25, 0.3) is 0 Å². The van der Waals surface area contributed by atoms with Crippen molar-refractivity contribution in [1.82, 2.24) is 20.4 Å². The van der Waals surface area contributed by atoms with Crippen LogP contribution in [-0.4, -0.2) is 88.4 Å². The summed E-state index contributed by atoms with van der Waals surface area (Å²) >= 11 is 0. The minimum atomic E-state index is 0. The fourth-order valence-corrected chi connectivity index (χ4v) is 4.03. The lowest BCUT2D eigenvalue weighted by Gasteiger charge is -2.35. The lowest BCUT2D eigenvalue weighted by molar-refractivity contribution is 0.0170. The normalized spacial score (nSPS) is 16.9. The smallest absolute Gasteiger partial charge is 0.191 e. The molecule has 0 aliphatic carbocycles. The predicted octanol–water partition coefficient (Wildman–Crippen LogP) is 3.36. The summed E-state index contributed by atoms with van der Waals surface area (Å²) in [7, 11) is 3.55. The van der Waals surface area contributed by atoms with Crippen molar-refractivity contribution in [3.05, 3.63) is 29.8 Å². The first-order valence-electron chi connectivity index (χ1n) is 11.8. The summed E-state index contributed by atoms with van der Waals surface area (Å²) in [6.45, 7) is 14.3. The highest BCUT2D eigenvalue weighted by Gasteiger charge is 2.23. The molecule has 1 heterocycles. The van der Waals surface area contributed by atoms with E-state index in [9.17, 15) is 0 Å². The Kier molecular flexibility index (Phi) is 14.9. The van der Waals surface area contributed by atoms with Gasteiger partial charge in [0.05, 0.1) is 26.4 Å². The zero-order valence-corrected chi connectivity index (χ0v) is 22.9. The van der Waals surface area contributed by atoms with Gasteiger partial charge in [0, 0.05) is 32.7 Å². The Balaban J connectivity index is 0.00000512. The molecule has 2 unspecified atom stereocenters. The van der Waals surface area contributed by atoms with E-state index in [0.717, 1.165) is 70.6 Å². The van der Waals surface area contributed by atoms with Crippen LogP contribution in [0.4, 0.5) is 0 Å². The first kappa shape index (κ1) is 28.9. The molecule has 7 nitrogen and oxygen atoms in total. The number of guanidine groups is 1. The van der Waals surface area contributed by atoms with E-state index in [-0.39, 0.29) is 30.0 Å². The van der Waals surface area contributed by atoms with Crippen LogP contribution < -0.4 is 15.4 Å². The monoisotopic (exact) mass is 561 g/mol. The molecule has 0 radical (unpaired) electrons. The van der Waals surface area contributed by atoms with E-state index >= 15 is 0 Å². The molecule has 1 aliphatic rings. The molecular weight excluding hydrogens is 517 g/mol. The van der Waals surface area contributed by atoms with Gasteiger partial charge in [0.15, 0.2) is 5.96 Å². The van der Waals surface area contributed by atoms with Crippen molar-refractivity contribution >= 4 is 29.9 Å². The van der Waals surface area contributed by atoms with Crippen molar-refractivity contribution in [1.29, 1.82) is 0 Å². The fraction of sp³-hybridized carbons (Fsp3) is 0.708. The van der Waals surface area contributed by atoms with Gasteiger partial charge in [-0.05, 0) is 57.1 Å². The van der Waals surface area contributed by atoms with Gasteiger partial charge in [-0.3, -0.25) is 9.89 Å². The summed E-state index contributed by atoms with van der Waals surface area (Å²) in [5.74, 6) is 1.75. The van der Waals surface area contributed by atoms with Crippen LogP contribution >= 0.6 is 24.0 Å². The van der Waals surface area contributed by atoms with Gasteiger partial charge >= 0.3 is 0 Å². The lowest BCUT2D eigenvalue weighted by Crippen LogP contribution is -2.48. The van der Waals surface area contributed by atoms with Gasteiger partial charge < -0.3 is 25.0 Å². The van der Waals surface area contributed by atoms with Crippen molar-refractivity contribution in [3.63, 3.8) is 0 Å². The molecule has 8 heteroatoms. The molecule has 1 saturated heterocycles. The SMILES string of the molecule is CCN(CC)CCCC(C)NC(=NC)NCC(c1ccc(OC)cc1)N1CCOCC1.I. The molecule has 0 aromatic heterocycles. The summed E-state index contributed by atoms with van der Waals surface area (Å²) in [4.78, 5) is 9.42. The fourth-order valence-electron chi connectivity index (χ4n) is 4.03. The van der Waals surface area contributed by atoms with E-state index in [1.807, 2.05) is 19.2 Å². The summed E-state index contributed by atoms with van der Waals surface area (Å²) < 4.78 is 10.9. The Morgan fingerprint density at radius 3 is 2.41 bits per heavy atom. The second kappa shape index (κ2) is 16.5.